The molecule has 0 aromatic heterocycles. The van der Waals surface area contributed by atoms with Gasteiger partial charge in [0, 0.05) is 30.0 Å². The van der Waals surface area contributed by atoms with E-state index in [4.69, 9.17) is 12.2 Å². The molecular weight excluding hydrogens is 342 g/mol. The molecule has 0 unspecified atom stereocenters. The van der Waals surface area contributed by atoms with Gasteiger partial charge in [0.25, 0.3) is 5.91 Å². The molecule has 0 aliphatic carbocycles. The van der Waals surface area contributed by atoms with E-state index in [0.717, 1.165) is 29.9 Å². The largest absolute Gasteiger partial charge is 0.372 e. The van der Waals surface area contributed by atoms with Crippen molar-refractivity contribution in [1.29, 1.82) is 0 Å². The third-order valence-electron chi connectivity index (χ3n) is 4.70. The van der Waals surface area contributed by atoms with Crippen LogP contribution in [0.2, 0.25) is 0 Å². The fraction of sp³-hybridized carbons (Fsp3) is 0.333. The van der Waals surface area contributed by atoms with Crippen LogP contribution in [0.1, 0.15) is 40.7 Å². The Hall–Kier alpha value is -2.40. The molecule has 26 heavy (non-hydrogen) atoms. The van der Waals surface area contributed by atoms with Crippen LogP contribution in [-0.4, -0.2) is 24.1 Å². The average molecular weight is 368 g/mol. The van der Waals surface area contributed by atoms with Crippen LogP contribution < -0.4 is 15.5 Å². The van der Waals surface area contributed by atoms with Gasteiger partial charge in [-0.1, -0.05) is 17.7 Å². The fourth-order valence-electron chi connectivity index (χ4n) is 3.31. The lowest BCUT2D eigenvalue weighted by Crippen LogP contribution is -2.34. The first-order chi connectivity index (χ1) is 12.5. The highest BCUT2D eigenvalue weighted by Crippen LogP contribution is 2.21. The Morgan fingerprint density at radius 3 is 2.35 bits per heavy atom. The molecular formula is C21H25N3OS. The second kappa shape index (κ2) is 8.32. The van der Waals surface area contributed by atoms with Crippen molar-refractivity contribution in [2.45, 2.75) is 33.1 Å². The molecule has 1 saturated heterocycles. The van der Waals surface area contributed by atoms with Crippen LogP contribution in [0, 0.1) is 13.8 Å². The monoisotopic (exact) mass is 367 g/mol. The summed E-state index contributed by atoms with van der Waals surface area (Å²) in [5.41, 5.74) is 4.82. The first kappa shape index (κ1) is 18.4. The van der Waals surface area contributed by atoms with E-state index in [1.165, 1.54) is 24.9 Å². The van der Waals surface area contributed by atoms with Crippen molar-refractivity contribution < 1.29 is 4.79 Å². The summed E-state index contributed by atoms with van der Waals surface area (Å²) in [7, 11) is 0. The van der Waals surface area contributed by atoms with Crippen LogP contribution in [0.5, 0.6) is 0 Å². The van der Waals surface area contributed by atoms with E-state index >= 15 is 0 Å². The molecule has 0 saturated carbocycles. The number of nitrogens with one attached hydrogen (secondary N) is 2. The zero-order valence-electron chi connectivity index (χ0n) is 15.3. The second-order valence-electron chi connectivity index (χ2n) is 6.82. The number of carbonyl (C=O) groups is 1. The maximum atomic E-state index is 12.4. The maximum absolute atomic E-state index is 12.4. The van der Waals surface area contributed by atoms with Crippen LogP contribution in [0.15, 0.2) is 42.5 Å². The number of aryl methyl sites for hydroxylation is 2. The molecule has 1 aliphatic rings. The van der Waals surface area contributed by atoms with E-state index in [0.29, 0.717) is 10.7 Å². The number of piperidine rings is 1. The van der Waals surface area contributed by atoms with Gasteiger partial charge >= 0.3 is 0 Å². The Morgan fingerprint density at radius 2 is 1.69 bits per heavy atom. The van der Waals surface area contributed by atoms with Crippen molar-refractivity contribution >= 4 is 34.6 Å². The number of benzene rings is 2. The van der Waals surface area contributed by atoms with E-state index in [2.05, 4.69) is 27.7 Å². The van der Waals surface area contributed by atoms with Crippen molar-refractivity contribution in [3.63, 3.8) is 0 Å². The van der Waals surface area contributed by atoms with E-state index in [-0.39, 0.29) is 5.91 Å². The molecule has 5 heteroatoms. The van der Waals surface area contributed by atoms with Gasteiger partial charge in [0.15, 0.2) is 5.11 Å². The summed E-state index contributed by atoms with van der Waals surface area (Å²) < 4.78 is 0. The van der Waals surface area contributed by atoms with E-state index < -0.39 is 0 Å². The number of thiocarbonyl (C=S) groups is 1. The molecule has 0 radical (unpaired) electrons. The summed E-state index contributed by atoms with van der Waals surface area (Å²) in [5.74, 6) is -0.190. The highest BCUT2D eigenvalue weighted by molar-refractivity contribution is 7.80. The Labute approximate surface area is 160 Å². The standard InChI is InChI=1S/C21H25N3OS/c1-15-6-11-19(16(2)14-15)20(25)23-21(26)22-17-7-9-18(10-8-17)24-12-4-3-5-13-24/h6-11,14H,3-5,12-13H2,1-2H3,(H2,22,23,25,26). The van der Waals surface area contributed by atoms with Crippen LogP contribution in [0.4, 0.5) is 11.4 Å². The predicted molar refractivity (Wildman–Crippen MR) is 112 cm³/mol. The van der Waals surface area contributed by atoms with Gasteiger partial charge in [-0.05, 0) is 81.2 Å². The molecule has 1 fully saturated rings. The number of amides is 1. The lowest BCUT2D eigenvalue weighted by atomic mass is 10.1. The maximum Gasteiger partial charge on any atom is 0.257 e. The SMILES string of the molecule is Cc1ccc(C(=O)NC(=S)Nc2ccc(N3CCCCC3)cc2)c(C)c1. The highest BCUT2D eigenvalue weighted by Gasteiger charge is 2.12. The molecule has 1 amide bonds. The number of hydrogen-bond donors (Lipinski definition) is 2. The molecule has 4 nitrogen and oxygen atoms in total. The van der Waals surface area contributed by atoms with Gasteiger partial charge in [0.2, 0.25) is 0 Å². The molecule has 2 aromatic rings. The molecule has 2 N–H and O–H groups in total. The number of carbonyl (C=O) groups excluding carboxylic acids is 1. The Morgan fingerprint density at radius 1 is 1.00 bits per heavy atom. The van der Waals surface area contributed by atoms with Gasteiger partial charge in [0.1, 0.15) is 0 Å². The third kappa shape index (κ3) is 4.61. The minimum atomic E-state index is -0.190. The number of anilines is 2. The third-order valence-corrected chi connectivity index (χ3v) is 4.90. The number of hydrogen-bond acceptors (Lipinski definition) is 3. The van der Waals surface area contributed by atoms with Crippen LogP contribution in [0.3, 0.4) is 0 Å². The Balaban J connectivity index is 1.58. The molecule has 0 spiro atoms. The summed E-state index contributed by atoms with van der Waals surface area (Å²) >= 11 is 5.29. The van der Waals surface area contributed by atoms with Crippen LogP contribution >= 0.6 is 12.2 Å². The second-order valence-corrected chi connectivity index (χ2v) is 7.23. The minimum absolute atomic E-state index is 0.190. The van der Waals surface area contributed by atoms with Crippen molar-refractivity contribution in [1.82, 2.24) is 5.32 Å². The van der Waals surface area contributed by atoms with Crippen molar-refractivity contribution in [2.75, 3.05) is 23.3 Å². The molecule has 3 rings (SSSR count). The zero-order valence-corrected chi connectivity index (χ0v) is 16.2. The smallest absolute Gasteiger partial charge is 0.257 e. The van der Waals surface area contributed by atoms with Crippen molar-refractivity contribution in [3.8, 4) is 0 Å². The summed E-state index contributed by atoms with van der Waals surface area (Å²) in [6.07, 6.45) is 3.84. The van der Waals surface area contributed by atoms with Gasteiger partial charge in [0.05, 0.1) is 0 Å². The van der Waals surface area contributed by atoms with E-state index in [1.54, 1.807) is 0 Å². The quantitative estimate of drug-likeness (QED) is 0.788. The first-order valence-electron chi connectivity index (χ1n) is 9.07. The van der Waals surface area contributed by atoms with Gasteiger partial charge in [-0.3, -0.25) is 10.1 Å². The highest BCUT2D eigenvalue weighted by atomic mass is 32.1. The van der Waals surface area contributed by atoms with Crippen molar-refractivity contribution in [2.24, 2.45) is 0 Å². The summed E-state index contributed by atoms with van der Waals surface area (Å²) in [6, 6.07) is 13.9. The van der Waals surface area contributed by atoms with Crippen molar-refractivity contribution in [3.05, 3.63) is 59.2 Å². The molecule has 1 aliphatic heterocycles. The molecule has 0 atom stereocenters. The predicted octanol–water partition coefficient (Wildman–Crippen LogP) is 4.42. The summed E-state index contributed by atoms with van der Waals surface area (Å²) in [6.45, 7) is 6.18. The first-order valence-corrected chi connectivity index (χ1v) is 9.48. The summed E-state index contributed by atoms with van der Waals surface area (Å²) in [5, 5.41) is 6.14. The van der Waals surface area contributed by atoms with Crippen LogP contribution in [0.25, 0.3) is 0 Å². The molecule has 0 bridgehead atoms. The minimum Gasteiger partial charge on any atom is -0.372 e. The summed E-state index contributed by atoms with van der Waals surface area (Å²) in [4.78, 5) is 14.8. The van der Waals surface area contributed by atoms with Crippen LogP contribution in [-0.2, 0) is 0 Å². The number of nitrogens with zero attached hydrogens (tertiary/aromatic N) is 1. The molecule has 1 heterocycles. The van der Waals surface area contributed by atoms with Gasteiger partial charge in [-0.2, -0.15) is 0 Å². The van der Waals surface area contributed by atoms with E-state index in [9.17, 15) is 4.79 Å². The normalized spacial score (nSPS) is 14.0. The molecule has 2 aromatic carbocycles. The Bertz CT molecular complexity index is 795. The Kier molecular flexibility index (Phi) is 5.89. The van der Waals surface area contributed by atoms with Gasteiger partial charge in [-0.15, -0.1) is 0 Å². The fourth-order valence-corrected chi connectivity index (χ4v) is 3.52. The van der Waals surface area contributed by atoms with E-state index in [1.807, 2.05) is 44.2 Å². The zero-order chi connectivity index (χ0) is 18.5. The number of rotatable bonds is 3. The van der Waals surface area contributed by atoms with Gasteiger partial charge in [-0.25, -0.2) is 0 Å². The lowest BCUT2D eigenvalue weighted by molar-refractivity contribution is 0.0977. The van der Waals surface area contributed by atoms with Gasteiger partial charge < -0.3 is 10.2 Å². The molecule has 136 valence electrons. The average Bonchev–Trinajstić information content (AvgIpc) is 2.63. The topological polar surface area (TPSA) is 44.4 Å². The lowest BCUT2D eigenvalue weighted by Gasteiger charge is -2.28.